The van der Waals surface area contributed by atoms with E-state index in [0.29, 0.717) is 11.8 Å². The third-order valence-electron chi connectivity index (χ3n) is 4.31. The minimum Gasteiger partial charge on any atom is -0.317 e. The van der Waals surface area contributed by atoms with Gasteiger partial charge in [-0.3, -0.25) is 0 Å². The van der Waals surface area contributed by atoms with Crippen molar-refractivity contribution in [2.45, 2.75) is 47.5 Å². The van der Waals surface area contributed by atoms with Crippen LogP contribution >= 0.6 is 0 Å². The molecule has 1 nitrogen and oxygen atoms in total. The fourth-order valence-electron chi connectivity index (χ4n) is 3.08. The summed E-state index contributed by atoms with van der Waals surface area (Å²) in [5, 5.41) is 3.41. The van der Waals surface area contributed by atoms with E-state index >= 15 is 0 Å². The van der Waals surface area contributed by atoms with Gasteiger partial charge in [-0.05, 0) is 75.3 Å². The van der Waals surface area contributed by atoms with Gasteiger partial charge in [-0.15, -0.1) is 0 Å². The lowest BCUT2D eigenvalue weighted by Crippen LogP contribution is -2.28. The first-order chi connectivity index (χ1) is 9.34. The van der Waals surface area contributed by atoms with E-state index in [1.54, 1.807) is 0 Å². The Morgan fingerprint density at radius 1 is 1.10 bits per heavy atom. The summed E-state index contributed by atoms with van der Waals surface area (Å²) >= 11 is 0. The fraction of sp³-hybridized carbons (Fsp3) is 0.579. The normalized spacial score (nSPS) is 19.0. The van der Waals surface area contributed by atoms with Crippen LogP contribution in [0, 0.1) is 11.8 Å². The van der Waals surface area contributed by atoms with Crippen molar-refractivity contribution < 1.29 is 0 Å². The molecule has 1 N–H and O–H groups in total. The van der Waals surface area contributed by atoms with Gasteiger partial charge in [-0.25, -0.2) is 0 Å². The van der Waals surface area contributed by atoms with E-state index in [9.17, 15) is 0 Å². The van der Waals surface area contributed by atoms with Crippen LogP contribution in [0.15, 0.2) is 47.1 Å². The molecule has 0 spiro atoms. The predicted octanol–water partition coefficient (Wildman–Crippen LogP) is 5.04. The summed E-state index contributed by atoms with van der Waals surface area (Å²) in [6.45, 7) is 21.6. The fourth-order valence-corrected chi connectivity index (χ4v) is 3.08. The summed E-state index contributed by atoms with van der Waals surface area (Å²) in [5.41, 5.74) is 6.55. The van der Waals surface area contributed by atoms with Crippen LogP contribution in [0.25, 0.3) is 0 Å². The zero-order valence-corrected chi connectivity index (χ0v) is 14.0. The van der Waals surface area contributed by atoms with Gasteiger partial charge >= 0.3 is 0 Å². The van der Waals surface area contributed by atoms with Crippen LogP contribution in [0.2, 0.25) is 0 Å². The molecule has 0 unspecified atom stereocenters. The average Bonchev–Trinajstić information content (AvgIpc) is 2.39. The molecule has 1 aliphatic rings. The summed E-state index contributed by atoms with van der Waals surface area (Å²) in [4.78, 5) is 0. The number of piperidine rings is 1. The Morgan fingerprint density at radius 2 is 1.65 bits per heavy atom. The molecule has 1 fully saturated rings. The Balaban J connectivity index is 2.97. The molecular weight excluding hydrogens is 242 g/mol. The quantitative estimate of drug-likeness (QED) is 0.692. The lowest BCUT2D eigenvalue weighted by molar-refractivity contribution is 0.426. The Labute approximate surface area is 125 Å². The number of rotatable bonds is 5. The highest BCUT2D eigenvalue weighted by atomic mass is 14.9. The molecule has 112 valence electrons. The SMILES string of the molecule is C=C(C)/C(C)=C(/C(C)=C/C(=C)C1CCNCC1)C(C)C. The van der Waals surface area contributed by atoms with Gasteiger partial charge in [0, 0.05) is 0 Å². The van der Waals surface area contributed by atoms with Crippen LogP contribution in [0.1, 0.15) is 47.5 Å². The molecule has 0 radical (unpaired) electrons. The monoisotopic (exact) mass is 273 g/mol. The Kier molecular flexibility index (Phi) is 6.48. The maximum atomic E-state index is 4.32. The summed E-state index contributed by atoms with van der Waals surface area (Å²) < 4.78 is 0. The molecule has 1 aliphatic heterocycles. The first-order valence-corrected chi connectivity index (χ1v) is 7.79. The van der Waals surface area contributed by atoms with Crippen molar-refractivity contribution in [3.05, 3.63) is 47.1 Å². The van der Waals surface area contributed by atoms with Crippen LogP contribution in [0.4, 0.5) is 0 Å². The minimum atomic E-state index is 0.517. The minimum absolute atomic E-state index is 0.517. The predicted molar refractivity (Wildman–Crippen MR) is 90.8 cm³/mol. The van der Waals surface area contributed by atoms with Crippen molar-refractivity contribution in [3.63, 3.8) is 0 Å². The van der Waals surface area contributed by atoms with E-state index in [1.807, 2.05) is 0 Å². The molecule has 1 rings (SSSR count). The zero-order valence-electron chi connectivity index (χ0n) is 14.0. The number of nitrogens with one attached hydrogen (secondary N) is 1. The van der Waals surface area contributed by atoms with Gasteiger partial charge in [0.2, 0.25) is 0 Å². The van der Waals surface area contributed by atoms with Crippen LogP contribution in [0.5, 0.6) is 0 Å². The summed E-state index contributed by atoms with van der Waals surface area (Å²) in [7, 11) is 0. The molecule has 1 heteroatoms. The molecule has 0 bridgehead atoms. The Bertz CT molecular complexity index is 429. The van der Waals surface area contributed by atoms with Crippen LogP contribution in [0.3, 0.4) is 0 Å². The van der Waals surface area contributed by atoms with Crippen molar-refractivity contribution in [1.29, 1.82) is 0 Å². The van der Waals surface area contributed by atoms with E-state index in [-0.39, 0.29) is 0 Å². The van der Waals surface area contributed by atoms with Crippen LogP contribution in [-0.2, 0) is 0 Å². The number of hydrogen-bond donors (Lipinski definition) is 1. The van der Waals surface area contributed by atoms with Crippen molar-refractivity contribution in [2.24, 2.45) is 11.8 Å². The second-order valence-electron chi connectivity index (χ2n) is 6.40. The second kappa shape index (κ2) is 7.64. The number of hydrogen-bond acceptors (Lipinski definition) is 1. The van der Waals surface area contributed by atoms with Crippen molar-refractivity contribution >= 4 is 0 Å². The summed E-state index contributed by atoms with van der Waals surface area (Å²) in [6.07, 6.45) is 4.73. The van der Waals surface area contributed by atoms with Gasteiger partial charge in [-0.1, -0.05) is 44.2 Å². The van der Waals surface area contributed by atoms with E-state index in [0.717, 1.165) is 18.7 Å². The van der Waals surface area contributed by atoms with E-state index in [1.165, 1.54) is 35.1 Å². The number of allylic oxidation sites excluding steroid dienone is 6. The summed E-state index contributed by atoms with van der Waals surface area (Å²) in [5.74, 6) is 1.16. The Hall–Kier alpha value is -1.08. The third-order valence-corrected chi connectivity index (χ3v) is 4.31. The zero-order chi connectivity index (χ0) is 15.3. The van der Waals surface area contributed by atoms with Gasteiger partial charge in [-0.2, -0.15) is 0 Å². The first kappa shape index (κ1) is 17.0. The standard InChI is InChI=1S/C19H31N/c1-13(2)17(7)19(14(3)4)16(6)12-15(5)18-8-10-20-11-9-18/h12,14,18,20H,1,5,8-11H2,2-4,6-7H3/b16-12+,19-17+. The van der Waals surface area contributed by atoms with Gasteiger partial charge in [0.05, 0.1) is 0 Å². The summed E-state index contributed by atoms with van der Waals surface area (Å²) in [6, 6.07) is 0. The largest absolute Gasteiger partial charge is 0.317 e. The lowest BCUT2D eigenvalue weighted by atomic mass is 9.85. The molecule has 20 heavy (non-hydrogen) atoms. The van der Waals surface area contributed by atoms with Gasteiger partial charge in [0.15, 0.2) is 0 Å². The van der Waals surface area contributed by atoms with Crippen molar-refractivity contribution in [2.75, 3.05) is 13.1 Å². The third kappa shape index (κ3) is 4.49. The maximum absolute atomic E-state index is 4.32. The van der Waals surface area contributed by atoms with E-state index in [4.69, 9.17) is 0 Å². The first-order valence-electron chi connectivity index (χ1n) is 7.79. The molecule has 0 aromatic rings. The van der Waals surface area contributed by atoms with Gasteiger partial charge in [0.1, 0.15) is 0 Å². The second-order valence-corrected chi connectivity index (χ2v) is 6.40. The van der Waals surface area contributed by atoms with Gasteiger partial charge in [0.25, 0.3) is 0 Å². The lowest BCUT2D eigenvalue weighted by Gasteiger charge is -2.24. The van der Waals surface area contributed by atoms with Crippen LogP contribution in [-0.4, -0.2) is 13.1 Å². The maximum Gasteiger partial charge on any atom is -0.00431 e. The molecule has 1 saturated heterocycles. The topological polar surface area (TPSA) is 12.0 Å². The molecule has 0 atom stereocenters. The molecule has 0 amide bonds. The van der Waals surface area contributed by atoms with Crippen molar-refractivity contribution in [1.82, 2.24) is 5.32 Å². The molecule has 0 saturated carbocycles. The molecule has 0 aromatic heterocycles. The highest BCUT2D eigenvalue weighted by Gasteiger charge is 2.16. The highest BCUT2D eigenvalue weighted by Crippen LogP contribution is 2.29. The molecule has 1 heterocycles. The average molecular weight is 273 g/mol. The molecule has 0 aromatic carbocycles. The van der Waals surface area contributed by atoms with Crippen LogP contribution < -0.4 is 5.32 Å². The van der Waals surface area contributed by atoms with E-state index in [2.05, 4.69) is 59.2 Å². The Morgan fingerprint density at radius 3 is 2.10 bits per heavy atom. The molecular formula is C19H31N. The molecule has 0 aliphatic carbocycles. The van der Waals surface area contributed by atoms with Gasteiger partial charge < -0.3 is 5.32 Å². The van der Waals surface area contributed by atoms with E-state index < -0.39 is 0 Å². The highest BCUT2D eigenvalue weighted by molar-refractivity contribution is 5.45. The van der Waals surface area contributed by atoms with Crippen molar-refractivity contribution in [3.8, 4) is 0 Å². The smallest absolute Gasteiger partial charge is 0.00431 e.